The molecular formula is C26H30N2O5S. The van der Waals surface area contributed by atoms with Crippen LogP contribution in [-0.2, 0) is 21.2 Å². The summed E-state index contributed by atoms with van der Waals surface area (Å²) < 4.78 is 38.8. The normalized spacial score (nSPS) is 11.0. The summed E-state index contributed by atoms with van der Waals surface area (Å²) in [5, 5.41) is 2.84. The molecule has 180 valence electrons. The van der Waals surface area contributed by atoms with Crippen molar-refractivity contribution in [3.8, 4) is 11.5 Å². The van der Waals surface area contributed by atoms with Crippen LogP contribution in [0, 0.1) is 6.92 Å². The molecule has 8 heteroatoms. The molecule has 3 aromatic carbocycles. The van der Waals surface area contributed by atoms with Crippen LogP contribution in [0.15, 0.2) is 77.7 Å². The molecule has 0 aliphatic heterocycles. The Morgan fingerprint density at radius 3 is 2.38 bits per heavy atom. The van der Waals surface area contributed by atoms with Gasteiger partial charge in [0, 0.05) is 12.6 Å². The Balaban J connectivity index is 1.80. The summed E-state index contributed by atoms with van der Waals surface area (Å²) in [5.74, 6) is 0.351. The number of nitrogens with zero attached hydrogens (tertiary/aromatic N) is 1. The van der Waals surface area contributed by atoms with Crippen LogP contribution in [0.2, 0.25) is 0 Å². The first-order valence-electron chi connectivity index (χ1n) is 11.0. The number of ether oxygens (including phenoxy) is 2. The second kappa shape index (κ2) is 11.6. The minimum atomic E-state index is -4.05. The monoisotopic (exact) mass is 482 g/mol. The van der Waals surface area contributed by atoms with Gasteiger partial charge in [0.05, 0.1) is 24.8 Å². The molecule has 0 aliphatic carbocycles. The number of sulfonamides is 1. The number of benzene rings is 3. The SMILES string of the molecule is COc1ccc(OC)c(N(CC(=O)NCCCc2cccc(C)c2)S(=O)(=O)c2ccccc2)c1. The second-order valence-electron chi connectivity index (χ2n) is 7.81. The van der Waals surface area contributed by atoms with Gasteiger partial charge in [-0.05, 0) is 49.6 Å². The third kappa shape index (κ3) is 6.29. The quantitative estimate of drug-likeness (QED) is 0.418. The zero-order chi connectivity index (χ0) is 24.6. The molecule has 3 aromatic rings. The molecular weight excluding hydrogens is 452 g/mol. The van der Waals surface area contributed by atoms with Crippen molar-refractivity contribution in [2.75, 3.05) is 31.6 Å². The number of methoxy groups -OCH3 is 2. The molecule has 1 amide bonds. The summed E-state index contributed by atoms with van der Waals surface area (Å²) in [7, 11) is -1.11. The second-order valence-corrected chi connectivity index (χ2v) is 9.67. The summed E-state index contributed by atoms with van der Waals surface area (Å²) >= 11 is 0. The molecule has 0 saturated heterocycles. The molecule has 0 unspecified atom stereocenters. The predicted molar refractivity (Wildman–Crippen MR) is 133 cm³/mol. The Morgan fingerprint density at radius 2 is 1.71 bits per heavy atom. The van der Waals surface area contributed by atoms with Gasteiger partial charge >= 0.3 is 0 Å². The maximum atomic E-state index is 13.5. The van der Waals surface area contributed by atoms with Crippen molar-refractivity contribution in [2.45, 2.75) is 24.7 Å². The van der Waals surface area contributed by atoms with Gasteiger partial charge in [0.2, 0.25) is 5.91 Å². The van der Waals surface area contributed by atoms with Crippen molar-refractivity contribution < 1.29 is 22.7 Å². The van der Waals surface area contributed by atoms with Crippen LogP contribution >= 0.6 is 0 Å². The smallest absolute Gasteiger partial charge is 0.264 e. The van der Waals surface area contributed by atoms with Gasteiger partial charge < -0.3 is 14.8 Å². The van der Waals surface area contributed by atoms with E-state index in [1.807, 2.05) is 19.1 Å². The Hall–Kier alpha value is -3.52. The van der Waals surface area contributed by atoms with E-state index in [0.717, 1.165) is 17.1 Å². The largest absolute Gasteiger partial charge is 0.497 e. The lowest BCUT2D eigenvalue weighted by atomic mass is 10.1. The molecule has 0 radical (unpaired) electrons. The van der Waals surface area contributed by atoms with Gasteiger partial charge in [-0.1, -0.05) is 48.0 Å². The highest BCUT2D eigenvalue weighted by atomic mass is 32.2. The van der Waals surface area contributed by atoms with Crippen LogP contribution < -0.4 is 19.1 Å². The van der Waals surface area contributed by atoms with Crippen molar-refractivity contribution in [2.24, 2.45) is 0 Å². The van der Waals surface area contributed by atoms with Crippen LogP contribution in [0.3, 0.4) is 0 Å². The zero-order valence-corrected chi connectivity index (χ0v) is 20.5. The van der Waals surface area contributed by atoms with Crippen LogP contribution in [0.1, 0.15) is 17.5 Å². The van der Waals surface area contributed by atoms with Crippen LogP contribution in [0.25, 0.3) is 0 Å². The number of aryl methyl sites for hydroxylation is 2. The lowest BCUT2D eigenvalue weighted by molar-refractivity contribution is -0.119. The van der Waals surface area contributed by atoms with Crippen LogP contribution in [0.4, 0.5) is 5.69 Å². The van der Waals surface area contributed by atoms with E-state index < -0.39 is 22.5 Å². The van der Waals surface area contributed by atoms with Gasteiger partial charge in [0.1, 0.15) is 18.0 Å². The van der Waals surface area contributed by atoms with Crippen LogP contribution in [-0.4, -0.2) is 41.6 Å². The Morgan fingerprint density at radius 1 is 0.941 bits per heavy atom. The highest BCUT2D eigenvalue weighted by Crippen LogP contribution is 2.35. The first-order valence-corrected chi connectivity index (χ1v) is 12.4. The number of carbonyl (C=O) groups is 1. The number of anilines is 1. The van der Waals surface area contributed by atoms with Gasteiger partial charge in [0.15, 0.2) is 0 Å². The number of rotatable bonds is 11. The minimum Gasteiger partial charge on any atom is -0.497 e. The molecule has 34 heavy (non-hydrogen) atoms. The van der Waals surface area contributed by atoms with E-state index >= 15 is 0 Å². The minimum absolute atomic E-state index is 0.0760. The van der Waals surface area contributed by atoms with Crippen molar-refractivity contribution in [3.63, 3.8) is 0 Å². The Bertz CT molecular complexity index is 1210. The van der Waals surface area contributed by atoms with Gasteiger partial charge in [-0.3, -0.25) is 9.10 Å². The molecule has 3 rings (SSSR count). The standard InChI is InChI=1S/C26H30N2O5S/c1-20-9-7-10-21(17-20)11-8-16-27-26(29)19-28(34(30,31)23-12-5-4-6-13-23)24-18-22(32-2)14-15-25(24)33-3/h4-7,9-10,12-15,17-18H,8,11,16,19H2,1-3H3,(H,27,29). The van der Waals surface area contributed by atoms with E-state index in [0.29, 0.717) is 18.0 Å². The van der Waals surface area contributed by atoms with E-state index in [-0.39, 0.29) is 10.6 Å². The molecule has 0 saturated carbocycles. The third-order valence-corrected chi connectivity index (χ3v) is 7.09. The first kappa shape index (κ1) is 25.1. The predicted octanol–water partition coefficient (Wildman–Crippen LogP) is 3.96. The van der Waals surface area contributed by atoms with Gasteiger partial charge in [-0.25, -0.2) is 8.42 Å². The molecule has 7 nitrogen and oxygen atoms in total. The topological polar surface area (TPSA) is 84.9 Å². The fraction of sp³-hybridized carbons (Fsp3) is 0.269. The summed E-state index contributed by atoms with van der Waals surface area (Å²) in [6, 6.07) is 21.0. The first-order chi connectivity index (χ1) is 16.3. The average Bonchev–Trinajstić information content (AvgIpc) is 2.85. The number of nitrogens with one attached hydrogen (secondary N) is 1. The third-order valence-electron chi connectivity index (χ3n) is 5.32. The molecule has 0 spiro atoms. The summed E-state index contributed by atoms with van der Waals surface area (Å²) in [6.07, 6.45) is 1.56. The molecule has 0 aliphatic rings. The molecule has 0 fully saturated rings. The van der Waals surface area contributed by atoms with Crippen molar-refractivity contribution in [1.29, 1.82) is 0 Å². The lowest BCUT2D eigenvalue weighted by Gasteiger charge is -2.26. The molecule has 0 bridgehead atoms. The van der Waals surface area contributed by atoms with Gasteiger partial charge in [-0.15, -0.1) is 0 Å². The van der Waals surface area contributed by atoms with Crippen molar-refractivity contribution in [1.82, 2.24) is 5.32 Å². The van der Waals surface area contributed by atoms with Crippen molar-refractivity contribution >= 4 is 21.6 Å². The number of carbonyl (C=O) groups excluding carboxylic acids is 1. The number of hydrogen-bond donors (Lipinski definition) is 1. The Labute approximate surface area is 201 Å². The van der Waals surface area contributed by atoms with E-state index in [1.54, 1.807) is 36.4 Å². The van der Waals surface area contributed by atoms with Crippen LogP contribution in [0.5, 0.6) is 11.5 Å². The van der Waals surface area contributed by atoms with E-state index in [2.05, 4.69) is 17.4 Å². The fourth-order valence-corrected chi connectivity index (χ4v) is 5.03. The van der Waals surface area contributed by atoms with E-state index in [1.165, 1.54) is 37.5 Å². The summed E-state index contributed by atoms with van der Waals surface area (Å²) in [5.41, 5.74) is 2.61. The van der Waals surface area contributed by atoms with E-state index in [9.17, 15) is 13.2 Å². The molecule has 0 atom stereocenters. The van der Waals surface area contributed by atoms with Gasteiger partial charge in [0.25, 0.3) is 10.0 Å². The fourth-order valence-electron chi connectivity index (χ4n) is 3.59. The molecule has 0 aromatic heterocycles. The van der Waals surface area contributed by atoms with Gasteiger partial charge in [-0.2, -0.15) is 0 Å². The lowest BCUT2D eigenvalue weighted by Crippen LogP contribution is -2.41. The zero-order valence-electron chi connectivity index (χ0n) is 19.7. The number of hydrogen-bond acceptors (Lipinski definition) is 5. The average molecular weight is 483 g/mol. The maximum absolute atomic E-state index is 13.5. The number of amides is 1. The van der Waals surface area contributed by atoms with Crippen molar-refractivity contribution in [3.05, 3.63) is 83.9 Å². The summed E-state index contributed by atoms with van der Waals surface area (Å²) in [4.78, 5) is 12.9. The molecule has 1 N–H and O–H groups in total. The molecule has 0 heterocycles. The summed E-state index contributed by atoms with van der Waals surface area (Å²) in [6.45, 7) is 2.08. The highest BCUT2D eigenvalue weighted by Gasteiger charge is 2.29. The maximum Gasteiger partial charge on any atom is 0.264 e. The van der Waals surface area contributed by atoms with E-state index in [4.69, 9.17) is 9.47 Å². The highest BCUT2D eigenvalue weighted by molar-refractivity contribution is 7.92. The Kier molecular flexibility index (Phi) is 8.54.